The summed E-state index contributed by atoms with van der Waals surface area (Å²) in [7, 11) is 0. The lowest BCUT2D eigenvalue weighted by Gasteiger charge is -2.10. The number of allylic oxidation sites excluding steroid dienone is 1. The summed E-state index contributed by atoms with van der Waals surface area (Å²) in [5.74, 6) is 0.834. The Hall–Kier alpha value is -1.64. The van der Waals surface area contributed by atoms with Crippen LogP contribution in [0.2, 0.25) is 0 Å². The van der Waals surface area contributed by atoms with Gasteiger partial charge in [0.25, 0.3) is 0 Å². The average Bonchev–Trinajstić information content (AvgIpc) is 2.31. The number of nitrogens with two attached hydrogens (primary N) is 1. The van der Waals surface area contributed by atoms with E-state index in [2.05, 4.69) is 24.4 Å². The van der Waals surface area contributed by atoms with Crippen molar-refractivity contribution in [3.63, 3.8) is 0 Å². The molecule has 0 aliphatic heterocycles. The molecule has 17 heavy (non-hydrogen) atoms. The van der Waals surface area contributed by atoms with Gasteiger partial charge in [0.05, 0.1) is 6.61 Å². The van der Waals surface area contributed by atoms with E-state index in [9.17, 15) is 0 Å². The second-order valence-electron chi connectivity index (χ2n) is 3.92. The molecule has 0 aliphatic rings. The van der Waals surface area contributed by atoms with Crippen LogP contribution < -0.4 is 15.8 Å². The van der Waals surface area contributed by atoms with Gasteiger partial charge in [0.2, 0.25) is 0 Å². The fourth-order valence-electron chi connectivity index (χ4n) is 1.49. The SMILES string of the molecule is C/C=C/CCNc1cc(N)cc(OCCC)c1. The van der Waals surface area contributed by atoms with Crippen molar-refractivity contribution in [2.24, 2.45) is 0 Å². The summed E-state index contributed by atoms with van der Waals surface area (Å²) in [6, 6.07) is 5.77. The van der Waals surface area contributed by atoms with Gasteiger partial charge in [-0.1, -0.05) is 19.1 Å². The predicted molar refractivity (Wildman–Crippen MR) is 74.6 cm³/mol. The lowest BCUT2D eigenvalue weighted by atomic mass is 10.2. The molecule has 0 heterocycles. The Morgan fingerprint density at radius 1 is 1.35 bits per heavy atom. The molecule has 1 rings (SSSR count). The zero-order valence-corrected chi connectivity index (χ0v) is 10.7. The smallest absolute Gasteiger partial charge is 0.123 e. The second-order valence-corrected chi connectivity index (χ2v) is 3.92. The number of nitrogen functional groups attached to an aromatic ring is 1. The first-order valence-corrected chi connectivity index (χ1v) is 6.14. The highest BCUT2D eigenvalue weighted by Gasteiger charge is 1.99. The molecule has 3 nitrogen and oxygen atoms in total. The molecule has 0 radical (unpaired) electrons. The van der Waals surface area contributed by atoms with Crippen LogP contribution in [0.5, 0.6) is 5.75 Å². The van der Waals surface area contributed by atoms with Crippen LogP contribution in [0.1, 0.15) is 26.7 Å². The third kappa shape index (κ3) is 5.29. The molecule has 0 aliphatic carbocycles. The molecule has 94 valence electrons. The van der Waals surface area contributed by atoms with Crippen LogP contribution in [0, 0.1) is 0 Å². The molecule has 0 unspecified atom stereocenters. The van der Waals surface area contributed by atoms with E-state index in [0.29, 0.717) is 0 Å². The van der Waals surface area contributed by atoms with E-state index >= 15 is 0 Å². The van der Waals surface area contributed by atoms with E-state index in [4.69, 9.17) is 10.5 Å². The van der Waals surface area contributed by atoms with Crippen LogP contribution >= 0.6 is 0 Å². The van der Waals surface area contributed by atoms with Crippen LogP contribution in [0.3, 0.4) is 0 Å². The summed E-state index contributed by atoms with van der Waals surface area (Å²) in [6.07, 6.45) is 6.19. The van der Waals surface area contributed by atoms with Crippen LogP contribution in [0.15, 0.2) is 30.4 Å². The van der Waals surface area contributed by atoms with Crippen LogP contribution in [0.4, 0.5) is 11.4 Å². The molecule has 0 bridgehead atoms. The van der Waals surface area contributed by atoms with Gasteiger partial charge in [-0.2, -0.15) is 0 Å². The van der Waals surface area contributed by atoms with Gasteiger partial charge in [-0.25, -0.2) is 0 Å². The fourth-order valence-corrected chi connectivity index (χ4v) is 1.49. The molecular formula is C14H22N2O. The first kappa shape index (κ1) is 13.4. The van der Waals surface area contributed by atoms with E-state index in [0.717, 1.165) is 43.1 Å². The number of anilines is 2. The molecule has 0 atom stereocenters. The standard InChI is InChI=1S/C14H22N2O/c1-3-5-6-7-16-13-9-12(15)10-14(11-13)17-8-4-2/h3,5,9-11,16H,4,6-8,15H2,1-2H3/b5-3+. The van der Waals surface area contributed by atoms with Gasteiger partial charge in [-0.3, -0.25) is 0 Å². The Morgan fingerprint density at radius 3 is 2.88 bits per heavy atom. The minimum Gasteiger partial charge on any atom is -0.493 e. The van der Waals surface area contributed by atoms with Crippen molar-refractivity contribution in [1.82, 2.24) is 0 Å². The van der Waals surface area contributed by atoms with Crippen molar-refractivity contribution in [2.75, 3.05) is 24.2 Å². The van der Waals surface area contributed by atoms with E-state index in [1.165, 1.54) is 0 Å². The number of rotatable bonds is 7. The number of benzene rings is 1. The zero-order chi connectivity index (χ0) is 12.5. The molecule has 0 spiro atoms. The Labute approximate surface area is 104 Å². The van der Waals surface area contributed by atoms with Gasteiger partial charge in [0, 0.05) is 30.1 Å². The first-order valence-electron chi connectivity index (χ1n) is 6.14. The third-order valence-electron chi connectivity index (χ3n) is 2.28. The zero-order valence-electron chi connectivity index (χ0n) is 10.7. The number of hydrogen-bond donors (Lipinski definition) is 2. The minimum atomic E-state index is 0.724. The van der Waals surface area contributed by atoms with Gasteiger partial charge in [0.15, 0.2) is 0 Å². The van der Waals surface area contributed by atoms with Crippen molar-refractivity contribution in [3.8, 4) is 5.75 Å². The molecule has 0 amide bonds. The summed E-state index contributed by atoms with van der Waals surface area (Å²) in [5.41, 5.74) is 7.57. The summed E-state index contributed by atoms with van der Waals surface area (Å²) < 4.78 is 5.57. The molecule has 3 N–H and O–H groups in total. The van der Waals surface area contributed by atoms with Crippen LogP contribution in [0.25, 0.3) is 0 Å². The highest BCUT2D eigenvalue weighted by Crippen LogP contribution is 2.22. The molecule has 3 heteroatoms. The fraction of sp³-hybridized carbons (Fsp3) is 0.429. The average molecular weight is 234 g/mol. The number of hydrogen-bond acceptors (Lipinski definition) is 3. The summed E-state index contributed by atoms with van der Waals surface area (Å²) in [6.45, 7) is 5.74. The summed E-state index contributed by atoms with van der Waals surface area (Å²) >= 11 is 0. The highest BCUT2D eigenvalue weighted by atomic mass is 16.5. The summed E-state index contributed by atoms with van der Waals surface area (Å²) in [4.78, 5) is 0. The molecule has 0 saturated heterocycles. The normalized spacial score (nSPS) is 10.7. The Balaban J connectivity index is 2.55. The molecule has 1 aromatic carbocycles. The molecule has 0 saturated carbocycles. The molecule has 0 aromatic heterocycles. The van der Waals surface area contributed by atoms with E-state index < -0.39 is 0 Å². The quantitative estimate of drug-likeness (QED) is 0.431. The molecule has 0 fully saturated rings. The number of ether oxygens (including phenoxy) is 1. The first-order chi connectivity index (χ1) is 8.26. The van der Waals surface area contributed by atoms with Crippen LogP contribution in [-0.4, -0.2) is 13.2 Å². The Bertz CT molecular complexity index is 361. The predicted octanol–water partition coefficient (Wildman–Crippen LogP) is 3.44. The Morgan fingerprint density at radius 2 is 2.18 bits per heavy atom. The van der Waals surface area contributed by atoms with Crippen molar-refractivity contribution in [3.05, 3.63) is 30.4 Å². The van der Waals surface area contributed by atoms with Crippen molar-refractivity contribution < 1.29 is 4.74 Å². The molecule has 1 aromatic rings. The van der Waals surface area contributed by atoms with Crippen LogP contribution in [-0.2, 0) is 0 Å². The van der Waals surface area contributed by atoms with Gasteiger partial charge in [-0.05, 0) is 25.8 Å². The number of nitrogens with one attached hydrogen (secondary N) is 1. The summed E-state index contributed by atoms with van der Waals surface area (Å²) in [5, 5.41) is 3.33. The maximum absolute atomic E-state index is 5.83. The lowest BCUT2D eigenvalue weighted by Crippen LogP contribution is -2.02. The Kier molecular flexibility index (Phi) is 6.00. The van der Waals surface area contributed by atoms with Gasteiger partial charge in [-0.15, -0.1) is 0 Å². The van der Waals surface area contributed by atoms with Crippen molar-refractivity contribution >= 4 is 11.4 Å². The topological polar surface area (TPSA) is 47.3 Å². The van der Waals surface area contributed by atoms with E-state index in [1.54, 1.807) is 0 Å². The largest absolute Gasteiger partial charge is 0.493 e. The van der Waals surface area contributed by atoms with Gasteiger partial charge >= 0.3 is 0 Å². The monoisotopic (exact) mass is 234 g/mol. The van der Waals surface area contributed by atoms with Crippen molar-refractivity contribution in [1.29, 1.82) is 0 Å². The second kappa shape index (κ2) is 7.60. The van der Waals surface area contributed by atoms with E-state index in [1.807, 2.05) is 25.1 Å². The maximum Gasteiger partial charge on any atom is 0.123 e. The lowest BCUT2D eigenvalue weighted by molar-refractivity contribution is 0.318. The highest BCUT2D eigenvalue weighted by molar-refractivity contribution is 5.59. The molecular weight excluding hydrogens is 212 g/mol. The third-order valence-corrected chi connectivity index (χ3v) is 2.28. The maximum atomic E-state index is 5.83. The minimum absolute atomic E-state index is 0.724. The van der Waals surface area contributed by atoms with E-state index in [-0.39, 0.29) is 0 Å². The van der Waals surface area contributed by atoms with Gasteiger partial charge in [0.1, 0.15) is 5.75 Å². The van der Waals surface area contributed by atoms with Gasteiger partial charge < -0.3 is 15.8 Å². The van der Waals surface area contributed by atoms with Crippen molar-refractivity contribution in [2.45, 2.75) is 26.7 Å².